The highest BCUT2D eigenvalue weighted by Crippen LogP contribution is 2.41. The molecule has 1 amide bonds. The summed E-state index contributed by atoms with van der Waals surface area (Å²) in [6.45, 7) is 4.80. The molecule has 1 unspecified atom stereocenters. The smallest absolute Gasteiger partial charge is 0.414 e. The monoisotopic (exact) mass is 382 g/mol. The van der Waals surface area contributed by atoms with Crippen LogP contribution in [-0.4, -0.2) is 34.5 Å². The lowest BCUT2D eigenvalue weighted by Crippen LogP contribution is -2.54. The van der Waals surface area contributed by atoms with E-state index in [-0.39, 0.29) is 25.1 Å². The quantitative estimate of drug-likeness (QED) is 0.813. The van der Waals surface area contributed by atoms with Crippen molar-refractivity contribution >= 4 is 23.5 Å². The Morgan fingerprint density at radius 2 is 1.93 bits per heavy atom. The molecular weight excluding hydrogens is 360 g/mol. The van der Waals surface area contributed by atoms with E-state index < -0.39 is 23.3 Å². The number of carboxylic acids is 1. The van der Waals surface area contributed by atoms with Gasteiger partial charge in [-0.05, 0) is 31.9 Å². The van der Waals surface area contributed by atoms with Gasteiger partial charge in [-0.1, -0.05) is 37.3 Å². The minimum atomic E-state index is -1.71. The van der Waals surface area contributed by atoms with E-state index in [4.69, 9.17) is 4.74 Å². The fourth-order valence-corrected chi connectivity index (χ4v) is 3.56. The fourth-order valence-electron chi connectivity index (χ4n) is 3.56. The van der Waals surface area contributed by atoms with Crippen LogP contribution in [0.25, 0.3) is 0 Å². The molecule has 2 aromatic rings. The van der Waals surface area contributed by atoms with Crippen LogP contribution in [0.2, 0.25) is 0 Å². The third-order valence-electron chi connectivity index (χ3n) is 5.11. The number of amides is 1. The van der Waals surface area contributed by atoms with Gasteiger partial charge in [0.1, 0.15) is 12.0 Å². The molecule has 0 fully saturated rings. The SMILES string of the molecule is CCC1(C(=O)O)CN(C(=O)OCc2ccccc2)c2c(cc(C)nc2C)C1=O. The fraction of sp³-hybridized carbons (Fsp3) is 0.333. The van der Waals surface area contributed by atoms with Crippen LogP contribution in [0.15, 0.2) is 36.4 Å². The summed E-state index contributed by atoms with van der Waals surface area (Å²) in [5.74, 6) is -1.75. The number of nitrogens with zero attached hydrogens (tertiary/aromatic N) is 2. The predicted molar refractivity (Wildman–Crippen MR) is 102 cm³/mol. The highest BCUT2D eigenvalue weighted by atomic mass is 16.6. The van der Waals surface area contributed by atoms with Crippen molar-refractivity contribution in [3.05, 3.63) is 58.9 Å². The zero-order valence-corrected chi connectivity index (χ0v) is 16.1. The summed E-state index contributed by atoms with van der Waals surface area (Å²) in [5.41, 5.74) is 0.674. The Balaban J connectivity index is 2.02. The van der Waals surface area contributed by atoms with E-state index in [1.54, 1.807) is 20.8 Å². The third-order valence-corrected chi connectivity index (χ3v) is 5.11. The van der Waals surface area contributed by atoms with Crippen LogP contribution in [0.3, 0.4) is 0 Å². The molecular formula is C21H22N2O5. The van der Waals surface area contributed by atoms with E-state index >= 15 is 0 Å². The summed E-state index contributed by atoms with van der Waals surface area (Å²) < 4.78 is 5.42. The number of fused-ring (bicyclic) bond motifs is 1. The first-order valence-electron chi connectivity index (χ1n) is 9.05. The number of hydrogen-bond donors (Lipinski definition) is 1. The normalized spacial score (nSPS) is 18.5. The first-order valence-corrected chi connectivity index (χ1v) is 9.05. The van der Waals surface area contributed by atoms with Gasteiger partial charge in [-0.15, -0.1) is 0 Å². The zero-order valence-electron chi connectivity index (χ0n) is 16.1. The van der Waals surface area contributed by atoms with Gasteiger partial charge in [0.15, 0.2) is 5.78 Å². The average molecular weight is 382 g/mol. The van der Waals surface area contributed by atoms with Crippen molar-refractivity contribution in [3.63, 3.8) is 0 Å². The molecule has 1 aliphatic heterocycles. The largest absolute Gasteiger partial charge is 0.480 e. The number of benzene rings is 1. The van der Waals surface area contributed by atoms with Gasteiger partial charge in [0, 0.05) is 11.3 Å². The highest BCUT2D eigenvalue weighted by molar-refractivity contribution is 6.19. The maximum absolute atomic E-state index is 13.1. The Morgan fingerprint density at radius 3 is 2.54 bits per heavy atom. The summed E-state index contributed by atoms with van der Waals surface area (Å²) in [6, 6.07) is 10.7. The number of Topliss-reactive ketones (excluding diaryl/α,β-unsaturated/α-hetero) is 1. The second-order valence-electron chi connectivity index (χ2n) is 6.94. The van der Waals surface area contributed by atoms with Crippen molar-refractivity contribution in [1.82, 2.24) is 4.98 Å². The molecule has 28 heavy (non-hydrogen) atoms. The molecule has 0 radical (unpaired) electrons. The summed E-state index contributed by atoms with van der Waals surface area (Å²) in [7, 11) is 0. The molecule has 2 heterocycles. The molecule has 1 N–H and O–H groups in total. The molecule has 1 atom stereocenters. The minimum absolute atomic E-state index is 0.0456. The molecule has 0 spiro atoms. The minimum Gasteiger partial charge on any atom is -0.480 e. The number of ketones is 1. The zero-order chi connectivity index (χ0) is 20.5. The summed E-state index contributed by atoms with van der Waals surface area (Å²) in [5, 5.41) is 9.82. The number of hydrogen-bond acceptors (Lipinski definition) is 5. The van der Waals surface area contributed by atoms with Crippen LogP contribution in [-0.2, 0) is 16.1 Å². The van der Waals surface area contributed by atoms with Crippen LogP contribution in [0.4, 0.5) is 10.5 Å². The standard InChI is InChI=1S/C21H22N2O5/c1-4-21(19(25)26)12-23(20(27)28-11-15-8-6-5-7-9-15)17-14(3)22-13(2)10-16(17)18(21)24/h5-10H,4,11-12H2,1-3H3,(H,25,26). The number of anilines is 1. The number of aliphatic carboxylic acids is 1. The van der Waals surface area contributed by atoms with Gasteiger partial charge in [-0.2, -0.15) is 0 Å². The molecule has 7 nitrogen and oxygen atoms in total. The molecule has 3 rings (SSSR count). The maximum Gasteiger partial charge on any atom is 0.414 e. The van der Waals surface area contributed by atoms with E-state index in [0.717, 1.165) is 5.56 Å². The van der Waals surface area contributed by atoms with Crippen LogP contribution < -0.4 is 4.90 Å². The molecule has 0 saturated heterocycles. The van der Waals surface area contributed by atoms with Crippen molar-refractivity contribution in [2.45, 2.75) is 33.8 Å². The first kappa shape index (κ1) is 19.5. The van der Waals surface area contributed by atoms with Gasteiger partial charge in [0.25, 0.3) is 0 Å². The van der Waals surface area contributed by atoms with Crippen LogP contribution in [0, 0.1) is 19.3 Å². The van der Waals surface area contributed by atoms with Crippen molar-refractivity contribution in [2.24, 2.45) is 5.41 Å². The van der Waals surface area contributed by atoms with Crippen LogP contribution in [0.1, 0.15) is 40.7 Å². The first-order chi connectivity index (χ1) is 13.3. The second kappa shape index (κ2) is 7.42. The van der Waals surface area contributed by atoms with E-state index in [9.17, 15) is 19.5 Å². The van der Waals surface area contributed by atoms with Crippen LogP contribution >= 0.6 is 0 Å². The van der Waals surface area contributed by atoms with Crippen LogP contribution in [0.5, 0.6) is 0 Å². The molecule has 1 aliphatic rings. The Kier molecular flexibility index (Phi) is 5.18. The van der Waals surface area contributed by atoms with Crippen molar-refractivity contribution in [3.8, 4) is 0 Å². The number of carboxylic acid groups (broad SMARTS) is 1. The van der Waals surface area contributed by atoms with Gasteiger partial charge in [-0.25, -0.2) is 4.79 Å². The lowest BCUT2D eigenvalue weighted by molar-refractivity contribution is -0.145. The number of ether oxygens (including phenoxy) is 1. The van der Waals surface area contributed by atoms with Crippen molar-refractivity contribution < 1.29 is 24.2 Å². The molecule has 0 aliphatic carbocycles. The number of carbonyl (C=O) groups is 3. The van der Waals surface area contributed by atoms with E-state index in [1.807, 2.05) is 30.3 Å². The lowest BCUT2D eigenvalue weighted by atomic mass is 9.74. The molecule has 7 heteroatoms. The number of carbonyl (C=O) groups excluding carboxylic acids is 2. The molecule has 1 aromatic carbocycles. The second-order valence-corrected chi connectivity index (χ2v) is 6.94. The summed E-state index contributed by atoms with van der Waals surface area (Å²) >= 11 is 0. The Bertz CT molecular complexity index is 941. The third kappa shape index (κ3) is 3.24. The van der Waals surface area contributed by atoms with E-state index in [1.165, 1.54) is 11.0 Å². The Morgan fingerprint density at radius 1 is 1.25 bits per heavy atom. The Labute approximate surface area is 163 Å². The van der Waals surface area contributed by atoms with E-state index in [0.29, 0.717) is 17.1 Å². The van der Waals surface area contributed by atoms with Gasteiger partial charge in [0.05, 0.1) is 17.9 Å². The van der Waals surface area contributed by atoms with Crippen molar-refractivity contribution in [1.29, 1.82) is 0 Å². The molecule has 0 saturated carbocycles. The summed E-state index contributed by atoms with van der Waals surface area (Å²) in [6.07, 6.45) is -0.644. The topological polar surface area (TPSA) is 96.8 Å². The number of pyridine rings is 1. The van der Waals surface area contributed by atoms with Gasteiger partial charge >= 0.3 is 12.1 Å². The highest BCUT2D eigenvalue weighted by Gasteiger charge is 2.52. The molecule has 0 bridgehead atoms. The van der Waals surface area contributed by atoms with Gasteiger partial charge in [0.2, 0.25) is 0 Å². The average Bonchev–Trinajstić information content (AvgIpc) is 2.67. The van der Waals surface area contributed by atoms with Gasteiger partial charge in [-0.3, -0.25) is 19.5 Å². The number of aromatic nitrogens is 1. The Hall–Kier alpha value is -3.22. The number of rotatable bonds is 4. The number of aryl methyl sites for hydroxylation is 2. The molecule has 146 valence electrons. The lowest BCUT2D eigenvalue weighted by Gasteiger charge is -2.39. The van der Waals surface area contributed by atoms with E-state index in [2.05, 4.69) is 4.98 Å². The molecule has 1 aromatic heterocycles. The summed E-state index contributed by atoms with van der Waals surface area (Å²) in [4.78, 5) is 43.6. The predicted octanol–water partition coefficient (Wildman–Crippen LogP) is 3.52. The van der Waals surface area contributed by atoms with Crippen molar-refractivity contribution in [2.75, 3.05) is 11.4 Å². The maximum atomic E-state index is 13.1. The van der Waals surface area contributed by atoms with Gasteiger partial charge < -0.3 is 9.84 Å².